The van der Waals surface area contributed by atoms with E-state index in [9.17, 15) is 15.0 Å². The normalized spacial score (nSPS) is 41.7. The second-order valence-electron chi connectivity index (χ2n) is 8.74. The van der Waals surface area contributed by atoms with Crippen molar-refractivity contribution in [1.29, 1.82) is 0 Å². The molecule has 152 valence electrons. The Hall–Kier alpha value is 1.71. The first kappa shape index (κ1) is 27.7. The number of carbonyl (C=O) groups is 1. The van der Waals surface area contributed by atoms with Crippen molar-refractivity contribution in [3.63, 3.8) is 0 Å². The smallest absolute Gasteiger partial charge is 0.336 e. The summed E-state index contributed by atoms with van der Waals surface area (Å²) in [5, 5.41) is 20.6. The number of rotatable bonds is 4. The van der Waals surface area contributed by atoms with Crippen LogP contribution >= 0.6 is 0 Å². The fourth-order valence-corrected chi connectivity index (χ4v) is 5.75. The van der Waals surface area contributed by atoms with Gasteiger partial charge in [-0.25, -0.2) is 4.79 Å². The van der Waals surface area contributed by atoms with Gasteiger partial charge in [0.1, 0.15) is 12.7 Å². The van der Waals surface area contributed by atoms with Gasteiger partial charge in [-0.15, -0.1) is 0 Å². The second-order valence-corrected chi connectivity index (χ2v) is 8.74. The molecule has 0 aromatic heterocycles. The number of carbonyl (C=O) groups excluding carboxylic acids is 1. The van der Waals surface area contributed by atoms with Crippen molar-refractivity contribution in [1.82, 2.24) is 0 Å². The number of esters is 1. The van der Waals surface area contributed by atoms with Crippen LogP contribution in [0.3, 0.4) is 0 Å². The quantitative estimate of drug-likeness (QED) is 0.260. The average Bonchev–Trinajstić information content (AvgIpc) is 2.98. The summed E-state index contributed by atoms with van der Waals surface area (Å²) < 4.78 is 10.5. The molecule has 2 N–H and O–H groups in total. The Morgan fingerprint density at radius 2 is 2.00 bits per heavy atom. The van der Waals surface area contributed by atoms with Gasteiger partial charge in [0.15, 0.2) is 0 Å². The van der Waals surface area contributed by atoms with Crippen molar-refractivity contribution in [3.05, 3.63) is 23.8 Å². The first-order valence-corrected chi connectivity index (χ1v) is 9.64. The molecule has 3 rings (SSSR count). The van der Waals surface area contributed by atoms with Gasteiger partial charge in [0.25, 0.3) is 0 Å². The molecule has 0 aromatic rings. The summed E-state index contributed by atoms with van der Waals surface area (Å²) in [5.74, 6) is 0.156. The Morgan fingerprint density at radius 3 is 2.61 bits per heavy atom. The third kappa shape index (κ3) is 4.87. The number of fused-ring (bicyclic) bond motifs is 1. The van der Waals surface area contributed by atoms with Crippen molar-refractivity contribution < 1.29 is 113 Å². The Bertz CT molecular complexity index is 622. The van der Waals surface area contributed by atoms with Gasteiger partial charge >= 0.3 is 5.97 Å². The molecule has 2 aliphatic carbocycles. The van der Waals surface area contributed by atoms with Crippen LogP contribution < -0.4 is 0 Å². The molecule has 28 heavy (non-hydrogen) atoms. The number of aliphatic hydroxyl groups excluding tert-OH is 2. The van der Waals surface area contributed by atoms with Crippen LogP contribution in [-0.4, -0.2) is 48.7 Å². The van der Waals surface area contributed by atoms with E-state index in [4.69, 9.17) is 9.47 Å². The first-order valence-electron chi connectivity index (χ1n) is 9.64. The molecule has 5 nitrogen and oxygen atoms in total. The number of methoxy groups -OCH3 is 1. The third-order valence-corrected chi connectivity index (χ3v) is 7.50. The van der Waals surface area contributed by atoms with Crippen LogP contribution in [0.2, 0.25) is 0 Å². The maximum Gasteiger partial charge on any atom is 0.336 e. The molecule has 7 heteroatoms. The van der Waals surface area contributed by atoms with E-state index < -0.39 is 11.5 Å². The van der Waals surface area contributed by atoms with Crippen LogP contribution in [0.1, 0.15) is 46.0 Å². The summed E-state index contributed by atoms with van der Waals surface area (Å²) in [6.07, 6.45) is 5.35. The van der Waals surface area contributed by atoms with Gasteiger partial charge in [0, 0.05) is 101 Å². The van der Waals surface area contributed by atoms with Crippen LogP contribution in [0.4, 0.5) is 0 Å². The largest absolute Gasteiger partial charge is 0.459 e. The molecule has 0 amide bonds. The van der Waals surface area contributed by atoms with Crippen LogP contribution in [-0.2, 0) is 14.3 Å². The van der Waals surface area contributed by atoms with Crippen molar-refractivity contribution in [2.75, 3.05) is 20.3 Å². The molecular weight excluding hydrogens is 786 g/mol. The van der Waals surface area contributed by atoms with Crippen LogP contribution in [0.5, 0.6) is 0 Å². The molecule has 1 aliphatic heterocycles. The molecule has 3 unspecified atom stereocenters. The molecule has 3 aliphatic rings. The summed E-state index contributed by atoms with van der Waals surface area (Å²) in [4.78, 5) is 12.0. The van der Waals surface area contributed by atoms with Gasteiger partial charge in [-0.05, 0) is 49.4 Å². The van der Waals surface area contributed by atoms with Gasteiger partial charge in [0.05, 0.1) is 18.3 Å². The summed E-state index contributed by atoms with van der Waals surface area (Å²) in [6, 6.07) is 0. The van der Waals surface area contributed by atoms with Crippen LogP contribution in [0.15, 0.2) is 23.8 Å². The Labute approximate surface area is 240 Å². The van der Waals surface area contributed by atoms with Gasteiger partial charge in [-0.2, -0.15) is 0 Å². The van der Waals surface area contributed by atoms with E-state index in [2.05, 4.69) is 13.5 Å². The fourth-order valence-electron chi connectivity index (χ4n) is 5.75. The summed E-state index contributed by atoms with van der Waals surface area (Å²) in [7, 11) is 1.59. The number of aliphatic hydroxyl groups is 2. The molecule has 3 fully saturated rings. The number of ether oxygens (including phenoxy) is 2. The van der Waals surface area contributed by atoms with E-state index in [0.717, 1.165) is 19.3 Å². The van der Waals surface area contributed by atoms with Gasteiger partial charge in [-0.3, -0.25) is 0 Å². The topological polar surface area (TPSA) is 76.0 Å². The molecule has 0 spiro atoms. The number of allylic oxidation sites excluding steroid dienone is 2. The Morgan fingerprint density at radius 1 is 1.32 bits per heavy atom. The van der Waals surface area contributed by atoms with Gasteiger partial charge in [-0.1, -0.05) is 32.1 Å². The van der Waals surface area contributed by atoms with E-state index in [1.165, 1.54) is 5.57 Å². The molecule has 2 saturated carbocycles. The van der Waals surface area contributed by atoms with Crippen molar-refractivity contribution >= 4 is 5.97 Å². The van der Waals surface area contributed by atoms with Crippen molar-refractivity contribution in [3.8, 4) is 0 Å². The van der Waals surface area contributed by atoms with E-state index >= 15 is 0 Å². The zero-order chi connectivity index (χ0) is 19.1. The molecule has 1 heterocycles. The van der Waals surface area contributed by atoms with Gasteiger partial charge in [0.2, 0.25) is 0 Å². The number of hydrogen-bond acceptors (Lipinski definition) is 5. The van der Waals surface area contributed by atoms with E-state index in [-0.39, 0.29) is 131 Å². The predicted molar refractivity (Wildman–Crippen MR) is 98.4 cm³/mol. The summed E-state index contributed by atoms with van der Waals surface area (Å²) >= 11 is 0. The molecule has 6 atom stereocenters. The number of cyclic esters (lactones) is 1. The third-order valence-electron chi connectivity index (χ3n) is 7.50. The standard InChI is InChI=1S/C21H32O5.2Ac/c1-13-5-8-17-20(2,10-9-18(23)21(17,3)12-22)15(13)7-6-14-16(25-4)11-26-19(14)24;;/h6,15-18,22-23H,1,5,7-12H2,2-4H3;;/b14-6+;;/t15-,16?,17?,18?,20+,21-;;/m0../s1. The zero-order valence-corrected chi connectivity index (χ0v) is 26.8. The summed E-state index contributed by atoms with van der Waals surface area (Å²) in [6.45, 7) is 8.88. The first-order chi connectivity index (χ1) is 12.3. The molecule has 0 bridgehead atoms. The van der Waals surface area contributed by atoms with E-state index in [0.29, 0.717) is 18.4 Å². The average molecular weight is 818 g/mol. The SMILES string of the molecule is C=C1CCC2[C@](C)(CO)C(O)CC[C@]2(C)[C@H]1C/C=C1/C(=O)OCC1OC.[Ac].[Ac]. The monoisotopic (exact) mass is 818 g/mol. The summed E-state index contributed by atoms with van der Waals surface area (Å²) in [5.41, 5.74) is 1.28. The minimum Gasteiger partial charge on any atom is -0.459 e. The van der Waals surface area contributed by atoms with E-state index in [1.54, 1.807) is 7.11 Å². The Kier molecular flexibility index (Phi) is 10.9. The van der Waals surface area contributed by atoms with Crippen molar-refractivity contribution in [2.24, 2.45) is 22.7 Å². The second kappa shape index (κ2) is 11.0. The van der Waals surface area contributed by atoms with Crippen LogP contribution in [0, 0.1) is 111 Å². The van der Waals surface area contributed by atoms with Gasteiger partial charge < -0.3 is 19.7 Å². The number of hydrogen-bond donors (Lipinski definition) is 2. The van der Waals surface area contributed by atoms with E-state index in [1.807, 2.05) is 13.0 Å². The molecule has 0 aromatic carbocycles. The minimum atomic E-state index is -0.486. The molecule has 2 radical (unpaired) electrons. The maximum atomic E-state index is 12.0. The van der Waals surface area contributed by atoms with Crippen LogP contribution in [0.25, 0.3) is 0 Å². The Balaban J connectivity index is 0.00000196. The maximum absolute atomic E-state index is 12.0. The van der Waals surface area contributed by atoms with Crippen molar-refractivity contribution in [2.45, 2.75) is 58.2 Å². The minimum absolute atomic E-state index is 0. The fraction of sp³-hybridized carbons (Fsp3) is 0.762. The predicted octanol–water partition coefficient (Wildman–Crippen LogP) is 2.62. The molecular formula is C21H32Ac2O5. The zero-order valence-electron chi connectivity index (χ0n) is 17.3. The molecule has 1 saturated heterocycles.